The second-order valence-electron chi connectivity index (χ2n) is 5.86. The van der Waals surface area contributed by atoms with Crippen LogP contribution in [0.2, 0.25) is 0 Å². The molecule has 1 aromatic rings. The number of pyridine rings is 1. The molecule has 0 aromatic carbocycles. The molecule has 3 nitrogen and oxygen atoms in total. The number of hydrogen-bond acceptors (Lipinski definition) is 3. The van der Waals surface area contributed by atoms with Crippen LogP contribution in [0.5, 0.6) is 5.75 Å². The van der Waals surface area contributed by atoms with Crippen molar-refractivity contribution in [1.82, 2.24) is 9.88 Å². The minimum absolute atomic E-state index is 0.320. The fourth-order valence-electron chi connectivity index (χ4n) is 2.25. The van der Waals surface area contributed by atoms with E-state index in [2.05, 4.69) is 23.7 Å². The van der Waals surface area contributed by atoms with Crippen LogP contribution in [0.25, 0.3) is 0 Å². The molecule has 0 bridgehead atoms. The Labute approximate surface area is 103 Å². The van der Waals surface area contributed by atoms with E-state index in [0.717, 1.165) is 31.0 Å². The summed E-state index contributed by atoms with van der Waals surface area (Å²) >= 11 is 0. The molecule has 1 aromatic heterocycles. The molecule has 3 heteroatoms. The third-order valence-electron chi connectivity index (χ3n) is 3.67. The van der Waals surface area contributed by atoms with E-state index < -0.39 is 0 Å². The van der Waals surface area contributed by atoms with E-state index in [-0.39, 0.29) is 0 Å². The number of aromatic nitrogens is 1. The van der Waals surface area contributed by atoms with Crippen molar-refractivity contribution in [2.75, 3.05) is 13.1 Å². The maximum atomic E-state index is 9.78. The molecule has 2 rings (SSSR count). The fraction of sp³-hybridized carbons (Fsp3) is 0.643. The largest absolute Gasteiger partial charge is 0.506 e. The minimum Gasteiger partial charge on any atom is -0.506 e. The Morgan fingerprint density at radius 1 is 1.29 bits per heavy atom. The molecule has 0 aliphatic carbocycles. The summed E-state index contributed by atoms with van der Waals surface area (Å²) in [5.41, 5.74) is 2.25. The molecule has 0 atom stereocenters. The lowest BCUT2D eigenvalue weighted by atomic mass is 9.82. The summed E-state index contributed by atoms with van der Waals surface area (Å²) in [6.07, 6.45) is 2.44. The van der Waals surface area contributed by atoms with Gasteiger partial charge in [0.05, 0.1) is 5.69 Å². The Hall–Kier alpha value is -1.09. The van der Waals surface area contributed by atoms with Gasteiger partial charge in [-0.15, -0.1) is 0 Å². The van der Waals surface area contributed by atoms with Crippen LogP contribution >= 0.6 is 0 Å². The van der Waals surface area contributed by atoms with Crippen molar-refractivity contribution in [3.8, 4) is 5.75 Å². The standard InChI is InChI=1S/C14H22N2O/c1-11-4-5-13(17)12(15-11)10-16-8-6-14(2,3)7-9-16/h4-5,17H,6-10H2,1-3H3. The Balaban J connectivity index is 2.00. The van der Waals surface area contributed by atoms with Gasteiger partial charge in [0.15, 0.2) is 0 Å². The number of rotatable bonds is 2. The highest BCUT2D eigenvalue weighted by molar-refractivity contribution is 5.27. The first-order chi connectivity index (χ1) is 7.96. The lowest BCUT2D eigenvalue weighted by Gasteiger charge is -2.36. The zero-order valence-corrected chi connectivity index (χ0v) is 11.0. The van der Waals surface area contributed by atoms with Crippen molar-refractivity contribution >= 4 is 0 Å². The van der Waals surface area contributed by atoms with Crippen LogP contribution in [0.15, 0.2) is 12.1 Å². The number of aromatic hydroxyl groups is 1. The number of aryl methyl sites for hydroxylation is 1. The van der Waals surface area contributed by atoms with Gasteiger partial charge in [-0.05, 0) is 50.4 Å². The summed E-state index contributed by atoms with van der Waals surface area (Å²) in [4.78, 5) is 6.79. The third-order valence-corrected chi connectivity index (χ3v) is 3.67. The lowest BCUT2D eigenvalue weighted by molar-refractivity contribution is 0.125. The zero-order valence-electron chi connectivity index (χ0n) is 11.0. The van der Waals surface area contributed by atoms with E-state index in [1.165, 1.54) is 12.8 Å². The minimum atomic E-state index is 0.320. The topological polar surface area (TPSA) is 36.4 Å². The zero-order chi connectivity index (χ0) is 12.5. The van der Waals surface area contributed by atoms with E-state index in [4.69, 9.17) is 0 Å². The molecule has 1 fully saturated rings. The quantitative estimate of drug-likeness (QED) is 0.854. The Morgan fingerprint density at radius 3 is 2.59 bits per heavy atom. The predicted molar refractivity (Wildman–Crippen MR) is 68.9 cm³/mol. The fourth-order valence-corrected chi connectivity index (χ4v) is 2.25. The summed E-state index contributed by atoms with van der Waals surface area (Å²) in [7, 11) is 0. The Morgan fingerprint density at radius 2 is 1.94 bits per heavy atom. The van der Waals surface area contributed by atoms with Gasteiger partial charge < -0.3 is 5.11 Å². The van der Waals surface area contributed by atoms with Gasteiger partial charge in [-0.25, -0.2) is 0 Å². The van der Waals surface area contributed by atoms with Crippen LogP contribution in [0.4, 0.5) is 0 Å². The molecule has 0 amide bonds. The monoisotopic (exact) mass is 234 g/mol. The van der Waals surface area contributed by atoms with Crippen LogP contribution in [-0.2, 0) is 6.54 Å². The number of likely N-dealkylation sites (tertiary alicyclic amines) is 1. The average molecular weight is 234 g/mol. The van der Waals surface area contributed by atoms with Gasteiger partial charge in [-0.2, -0.15) is 0 Å². The molecule has 0 unspecified atom stereocenters. The van der Waals surface area contributed by atoms with Crippen molar-refractivity contribution in [2.24, 2.45) is 5.41 Å². The maximum absolute atomic E-state index is 9.78. The van der Waals surface area contributed by atoms with Gasteiger partial charge >= 0.3 is 0 Å². The van der Waals surface area contributed by atoms with Crippen molar-refractivity contribution < 1.29 is 5.11 Å². The molecule has 1 aliphatic heterocycles. The highest BCUT2D eigenvalue weighted by Crippen LogP contribution is 2.30. The second kappa shape index (κ2) is 4.65. The lowest BCUT2D eigenvalue weighted by Crippen LogP contribution is -2.37. The van der Waals surface area contributed by atoms with Crippen LogP contribution in [0.1, 0.15) is 38.1 Å². The maximum Gasteiger partial charge on any atom is 0.138 e. The van der Waals surface area contributed by atoms with Gasteiger partial charge in [0.2, 0.25) is 0 Å². The van der Waals surface area contributed by atoms with Gasteiger partial charge in [0.1, 0.15) is 5.75 Å². The van der Waals surface area contributed by atoms with Crippen molar-refractivity contribution in [2.45, 2.75) is 40.2 Å². The molecule has 1 N–H and O–H groups in total. The normalized spacial score (nSPS) is 20.4. The van der Waals surface area contributed by atoms with E-state index in [0.29, 0.717) is 11.2 Å². The SMILES string of the molecule is Cc1ccc(O)c(CN2CCC(C)(C)CC2)n1. The summed E-state index contributed by atoms with van der Waals surface area (Å²) < 4.78 is 0. The Bertz CT molecular complexity index is 391. The molecule has 1 aliphatic rings. The van der Waals surface area contributed by atoms with E-state index in [1.54, 1.807) is 6.07 Å². The molecule has 0 radical (unpaired) electrons. The Kier molecular flexibility index (Phi) is 3.38. The van der Waals surface area contributed by atoms with Gasteiger partial charge in [0.25, 0.3) is 0 Å². The van der Waals surface area contributed by atoms with Crippen LogP contribution in [0.3, 0.4) is 0 Å². The first-order valence-corrected chi connectivity index (χ1v) is 6.34. The van der Waals surface area contributed by atoms with Crippen molar-refractivity contribution in [1.29, 1.82) is 0 Å². The van der Waals surface area contributed by atoms with Crippen molar-refractivity contribution in [3.05, 3.63) is 23.5 Å². The van der Waals surface area contributed by atoms with Gasteiger partial charge in [-0.1, -0.05) is 13.8 Å². The predicted octanol–water partition coefficient (Wildman–Crippen LogP) is 2.72. The highest BCUT2D eigenvalue weighted by Gasteiger charge is 2.25. The molecule has 94 valence electrons. The highest BCUT2D eigenvalue weighted by atomic mass is 16.3. The summed E-state index contributed by atoms with van der Waals surface area (Å²) in [5.74, 6) is 0.320. The number of nitrogens with zero attached hydrogens (tertiary/aromatic N) is 2. The first kappa shape index (κ1) is 12.4. The molecule has 1 saturated heterocycles. The third kappa shape index (κ3) is 3.19. The van der Waals surface area contributed by atoms with Gasteiger partial charge in [0, 0.05) is 12.2 Å². The van der Waals surface area contributed by atoms with Crippen LogP contribution < -0.4 is 0 Å². The smallest absolute Gasteiger partial charge is 0.138 e. The molecule has 17 heavy (non-hydrogen) atoms. The average Bonchev–Trinajstić information content (AvgIpc) is 2.26. The molecule has 0 saturated carbocycles. The van der Waals surface area contributed by atoms with Crippen LogP contribution in [-0.4, -0.2) is 28.1 Å². The molecule has 2 heterocycles. The number of hydrogen-bond donors (Lipinski definition) is 1. The first-order valence-electron chi connectivity index (χ1n) is 6.34. The molecule has 0 spiro atoms. The summed E-state index contributed by atoms with van der Waals surface area (Å²) in [5, 5.41) is 9.78. The molecular weight excluding hydrogens is 212 g/mol. The summed E-state index contributed by atoms with van der Waals surface area (Å²) in [6, 6.07) is 3.59. The van der Waals surface area contributed by atoms with E-state index in [9.17, 15) is 5.11 Å². The molecular formula is C14H22N2O. The van der Waals surface area contributed by atoms with Crippen molar-refractivity contribution in [3.63, 3.8) is 0 Å². The summed E-state index contributed by atoms with van der Waals surface area (Å²) in [6.45, 7) is 9.58. The van der Waals surface area contributed by atoms with Gasteiger partial charge in [-0.3, -0.25) is 9.88 Å². The second-order valence-corrected chi connectivity index (χ2v) is 5.86. The number of piperidine rings is 1. The van der Waals surface area contributed by atoms with E-state index in [1.807, 2.05) is 13.0 Å². The van der Waals surface area contributed by atoms with E-state index >= 15 is 0 Å². The van der Waals surface area contributed by atoms with Crippen LogP contribution in [0, 0.1) is 12.3 Å².